The quantitative estimate of drug-likeness (QED) is 0.148. The van der Waals surface area contributed by atoms with Crippen molar-refractivity contribution in [2.75, 3.05) is 11.5 Å². The fourth-order valence-corrected chi connectivity index (χ4v) is 1.16. The van der Waals surface area contributed by atoms with E-state index in [-0.39, 0.29) is 22.5 Å². The Bertz CT molecular complexity index is 403. The molecule has 1 aromatic rings. The predicted octanol–water partition coefficient (Wildman–Crippen LogP) is -1.94. The number of anilines is 2. The lowest BCUT2D eigenvalue weighted by molar-refractivity contribution is 0.0920. The van der Waals surface area contributed by atoms with E-state index in [9.17, 15) is 9.59 Å². The van der Waals surface area contributed by atoms with Crippen LogP contribution in [0.25, 0.3) is 0 Å². The molecule has 10 N–H and O–H groups in total. The topological polar surface area (TPSA) is 162 Å². The molecule has 8 nitrogen and oxygen atoms in total. The zero-order valence-electron chi connectivity index (χ0n) is 8.28. The molecule has 0 aliphatic heterocycles. The van der Waals surface area contributed by atoms with Gasteiger partial charge >= 0.3 is 0 Å². The molecular formula is C8H12N6O2. The van der Waals surface area contributed by atoms with Crippen molar-refractivity contribution in [2.24, 2.45) is 11.7 Å². The highest BCUT2D eigenvalue weighted by molar-refractivity contribution is 6.08. The lowest BCUT2D eigenvalue weighted by Crippen LogP contribution is -2.35. The van der Waals surface area contributed by atoms with E-state index in [2.05, 4.69) is 0 Å². The first-order chi connectivity index (χ1) is 7.51. The predicted molar refractivity (Wildman–Crippen MR) is 58.6 cm³/mol. The summed E-state index contributed by atoms with van der Waals surface area (Å²) < 4.78 is 0. The number of carbonyl (C=O) groups excluding carboxylic acids is 2. The van der Waals surface area contributed by atoms with Crippen LogP contribution in [0.15, 0.2) is 12.1 Å². The van der Waals surface area contributed by atoms with Crippen molar-refractivity contribution in [3.8, 4) is 0 Å². The van der Waals surface area contributed by atoms with Crippen LogP contribution in [0.3, 0.4) is 0 Å². The SMILES string of the molecule is NNC(=O)c1cc(N)c(N)cc1C(=O)NN. The number of rotatable bonds is 2. The van der Waals surface area contributed by atoms with Gasteiger partial charge in [-0.25, -0.2) is 11.7 Å². The lowest BCUT2D eigenvalue weighted by Gasteiger charge is -2.09. The number of benzene rings is 1. The summed E-state index contributed by atoms with van der Waals surface area (Å²) in [7, 11) is 0. The van der Waals surface area contributed by atoms with Gasteiger partial charge in [0, 0.05) is 0 Å². The summed E-state index contributed by atoms with van der Waals surface area (Å²) in [4.78, 5) is 22.7. The monoisotopic (exact) mass is 224 g/mol. The molecular weight excluding hydrogens is 212 g/mol. The van der Waals surface area contributed by atoms with Gasteiger partial charge < -0.3 is 11.5 Å². The maximum absolute atomic E-state index is 11.4. The van der Waals surface area contributed by atoms with Crippen LogP contribution in [-0.4, -0.2) is 11.8 Å². The second-order valence-corrected chi connectivity index (χ2v) is 2.97. The van der Waals surface area contributed by atoms with Crippen LogP contribution >= 0.6 is 0 Å². The number of hydrazine groups is 2. The highest BCUT2D eigenvalue weighted by atomic mass is 16.2. The first-order valence-corrected chi connectivity index (χ1v) is 4.22. The molecule has 1 aromatic carbocycles. The highest BCUT2D eigenvalue weighted by Gasteiger charge is 2.17. The zero-order valence-corrected chi connectivity index (χ0v) is 8.28. The molecule has 86 valence electrons. The molecule has 2 amide bonds. The molecule has 8 heteroatoms. The molecule has 0 spiro atoms. The summed E-state index contributed by atoms with van der Waals surface area (Å²) in [6, 6.07) is 2.50. The Hall–Kier alpha value is -2.32. The van der Waals surface area contributed by atoms with E-state index in [0.29, 0.717) is 0 Å². The Kier molecular flexibility index (Phi) is 3.28. The van der Waals surface area contributed by atoms with Crippen molar-refractivity contribution in [1.82, 2.24) is 10.9 Å². The van der Waals surface area contributed by atoms with E-state index in [1.54, 1.807) is 0 Å². The Morgan fingerprint density at radius 1 is 0.875 bits per heavy atom. The summed E-state index contributed by atoms with van der Waals surface area (Å²) in [5.74, 6) is 8.61. The number of nitrogens with two attached hydrogens (primary N) is 4. The number of nitrogen functional groups attached to an aromatic ring is 4. The van der Waals surface area contributed by atoms with Crippen LogP contribution in [0.5, 0.6) is 0 Å². The molecule has 0 fully saturated rings. The van der Waals surface area contributed by atoms with E-state index in [0.717, 1.165) is 0 Å². The molecule has 0 heterocycles. The van der Waals surface area contributed by atoms with Gasteiger partial charge in [-0.2, -0.15) is 0 Å². The van der Waals surface area contributed by atoms with Crippen LogP contribution in [0, 0.1) is 0 Å². The van der Waals surface area contributed by atoms with Crippen LogP contribution in [0.1, 0.15) is 20.7 Å². The largest absolute Gasteiger partial charge is 0.397 e. The summed E-state index contributed by atoms with van der Waals surface area (Å²) in [5, 5.41) is 0. The Morgan fingerprint density at radius 2 is 1.19 bits per heavy atom. The van der Waals surface area contributed by atoms with Gasteiger partial charge in [-0.05, 0) is 12.1 Å². The molecule has 0 saturated carbocycles. The third kappa shape index (κ3) is 2.02. The van der Waals surface area contributed by atoms with E-state index >= 15 is 0 Å². The van der Waals surface area contributed by atoms with Crippen LogP contribution in [0.2, 0.25) is 0 Å². The highest BCUT2D eigenvalue weighted by Crippen LogP contribution is 2.21. The normalized spacial score (nSPS) is 9.62. The Morgan fingerprint density at radius 3 is 1.44 bits per heavy atom. The van der Waals surface area contributed by atoms with Gasteiger partial charge in [-0.15, -0.1) is 0 Å². The van der Waals surface area contributed by atoms with Gasteiger partial charge in [-0.3, -0.25) is 20.4 Å². The maximum Gasteiger partial charge on any atom is 0.266 e. The second-order valence-electron chi connectivity index (χ2n) is 2.97. The molecule has 0 atom stereocenters. The minimum absolute atomic E-state index is 0.00264. The molecule has 1 rings (SSSR count). The van der Waals surface area contributed by atoms with Gasteiger partial charge in [0.05, 0.1) is 22.5 Å². The number of hydrogen-bond acceptors (Lipinski definition) is 6. The van der Waals surface area contributed by atoms with E-state index in [1.807, 2.05) is 10.9 Å². The van der Waals surface area contributed by atoms with Gasteiger partial charge in [0.2, 0.25) is 0 Å². The van der Waals surface area contributed by atoms with Crippen molar-refractivity contribution in [3.05, 3.63) is 23.3 Å². The first kappa shape index (κ1) is 11.8. The zero-order chi connectivity index (χ0) is 12.3. The van der Waals surface area contributed by atoms with Crippen LogP contribution < -0.4 is 34.0 Å². The number of amides is 2. The molecule has 0 saturated heterocycles. The second kappa shape index (κ2) is 4.47. The number of hydrogen-bond donors (Lipinski definition) is 6. The molecule has 0 aliphatic rings. The lowest BCUT2D eigenvalue weighted by atomic mass is 10.0. The average Bonchev–Trinajstić information content (AvgIpc) is 2.30. The summed E-state index contributed by atoms with van der Waals surface area (Å²) in [6.07, 6.45) is 0. The summed E-state index contributed by atoms with van der Waals surface area (Å²) >= 11 is 0. The van der Waals surface area contributed by atoms with Crippen molar-refractivity contribution in [1.29, 1.82) is 0 Å². The molecule has 16 heavy (non-hydrogen) atoms. The fourth-order valence-electron chi connectivity index (χ4n) is 1.16. The van der Waals surface area contributed by atoms with Crippen LogP contribution in [-0.2, 0) is 0 Å². The van der Waals surface area contributed by atoms with Gasteiger partial charge in [0.15, 0.2) is 0 Å². The average molecular weight is 224 g/mol. The maximum atomic E-state index is 11.4. The van der Waals surface area contributed by atoms with Gasteiger partial charge in [0.25, 0.3) is 11.8 Å². The van der Waals surface area contributed by atoms with Crippen molar-refractivity contribution in [2.45, 2.75) is 0 Å². The third-order valence-corrected chi connectivity index (χ3v) is 1.97. The Labute approximate surface area is 90.9 Å². The summed E-state index contributed by atoms with van der Waals surface area (Å²) in [5.41, 5.74) is 15.2. The first-order valence-electron chi connectivity index (χ1n) is 4.22. The van der Waals surface area contributed by atoms with Crippen LogP contribution in [0.4, 0.5) is 11.4 Å². The van der Waals surface area contributed by atoms with Crippen molar-refractivity contribution >= 4 is 23.2 Å². The molecule has 0 bridgehead atoms. The van der Waals surface area contributed by atoms with Crippen molar-refractivity contribution < 1.29 is 9.59 Å². The standard InChI is InChI=1S/C8H12N6O2/c9-5-1-3(7(15)13-11)4(2-6(5)10)8(16)14-12/h1-2H,9-12H2,(H,13,15)(H,14,16). The van der Waals surface area contributed by atoms with E-state index in [1.165, 1.54) is 12.1 Å². The van der Waals surface area contributed by atoms with Gasteiger partial charge in [-0.1, -0.05) is 0 Å². The molecule has 0 aromatic heterocycles. The van der Waals surface area contributed by atoms with Crippen molar-refractivity contribution in [3.63, 3.8) is 0 Å². The molecule has 0 aliphatic carbocycles. The Balaban J connectivity index is 3.38. The van der Waals surface area contributed by atoms with E-state index < -0.39 is 11.8 Å². The minimum atomic E-state index is -0.662. The van der Waals surface area contributed by atoms with E-state index in [4.69, 9.17) is 23.2 Å². The molecule has 0 unspecified atom stereocenters. The van der Waals surface area contributed by atoms with Gasteiger partial charge in [0.1, 0.15) is 0 Å². The summed E-state index contributed by atoms with van der Waals surface area (Å²) in [6.45, 7) is 0. The minimum Gasteiger partial charge on any atom is -0.397 e. The number of nitrogens with one attached hydrogen (secondary N) is 2. The fraction of sp³-hybridized carbons (Fsp3) is 0. The third-order valence-electron chi connectivity index (χ3n) is 1.97. The number of carbonyl (C=O) groups is 2. The smallest absolute Gasteiger partial charge is 0.266 e. The molecule has 0 radical (unpaired) electrons.